The zero-order valence-electron chi connectivity index (χ0n) is 14.7. The van der Waals surface area contributed by atoms with Gasteiger partial charge in [-0.2, -0.15) is 0 Å². The Balaban J connectivity index is 0.00000121. The van der Waals surface area contributed by atoms with Gasteiger partial charge < -0.3 is 15.0 Å². The molecule has 1 aliphatic heterocycles. The van der Waals surface area contributed by atoms with Gasteiger partial charge in [-0.05, 0) is 49.1 Å². The monoisotopic (exact) mass is 393 g/mol. The molecule has 4 rings (SSSR count). The molecule has 0 atom stereocenters. The van der Waals surface area contributed by atoms with Crippen LogP contribution in [-0.2, 0) is 19.3 Å². The minimum atomic E-state index is 0. The number of aromatic amines is 1. The molecule has 2 N–H and O–H groups in total. The lowest BCUT2D eigenvalue weighted by Crippen LogP contribution is -2.16. The van der Waals surface area contributed by atoms with Gasteiger partial charge in [0, 0.05) is 41.8 Å². The number of nitrogens with zero attached hydrogens (tertiary/aromatic N) is 1. The van der Waals surface area contributed by atoms with E-state index in [9.17, 15) is 0 Å². The molecule has 3 aromatic rings. The minimum absolute atomic E-state index is 0. The van der Waals surface area contributed by atoms with E-state index in [4.69, 9.17) is 4.74 Å². The van der Waals surface area contributed by atoms with E-state index in [0.717, 1.165) is 38.8 Å². The topological polar surface area (TPSA) is 49.9 Å². The van der Waals surface area contributed by atoms with Crippen LogP contribution < -0.4 is 10.1 Å². The number of benzene rings is 1. The Bertz CT molecular complexity index is 821. The highest BCUT2D eigenvalue weighted by Gasteiger charge is 2.16. The largest absolute Gasteiger partial charge is 0.478 e. The Morgan fingerprint density at radius 1 is 1.00 bits per heavy atom. The van der Waals surface area contributed by atoms with E-state index in [1.807, 2.05) is 18.2 Å². The Kier molecular flexibility index (Phi) is 7.76. The number of rotatable bonds is 5. The number of ether oxygens (including phenoxy) is 1. The first-order chi connectivity index (χ1) is 11.9. The van der Waals surface area contributed by atoms with Crippen molar-refractivity contribution in [3.8, 4) is 5.88 Å². The van der Waals surface area contributed by atoms with Gasteiger partial charge in [0.25, 0.3) is 0 Å². The van der Waals surface area contributed by atoms with Gasteiger partial charge in [0.2, 0.25) is 5.88 Å². The molecule has 3 heterocycles. The number of nitrogens with one attached hydrogen (secondary N) is 2. The summed E-state index contributed by atoms with van der Waals surface area (Å²) in [6.07, 6.45) is 5.98. The number of pyridine rings is 1. The minimum Gasteiger partial charge on any atom is -0.478 e. The highest BCUT2D eigenvalue weighted by atomic mass is 35.5. The molecule has 0 spiro atoms. The Morgan fingerprint density at radius 3 is 2.73 bits per heavy atom. The molecule has 0 aliphatic carbocycles. The summed E-state index contributed by atoms with van der Waals surface area (Å²) in [4.78, 5) is 7.83. The highest BCUT2D eigenvalue weighted by molar-refractivity contribution is 5.88. The molecular weight excluding hydrogens is 369 g/mol. The molecule has 0 radical (unpaired) electrons. The molecule has 0 unspecified atom stereocenters. The first-order valence-electron chi connectivity index (χ1n) is 8.78. The summed E-state index contributed by atoms with van der Waals surface area (Å²) in [6.45, 7) is 2.83. The van der Waals surface area contributed by atoms with Crippen molar-refractivity contribution >= 4 is 35.7 Å². The van der Waals surface area contributed by atoms with Crippen LogP contribution in [0.25, 0.3) is 10.9 Å². The fourth-order valence-electron chi connectivity index (χ4n) is 3.57. The second kappa shape index (κ2) is 9.81. The number of halogens is 2. The van der Waals surface area contributed by atoms with Crippen molar-refractivity contribution in [2.75, 3.05) is 19.7 Å². The summed E-state index contributed by atoms with van der Waals surface area (Å²) >= 11 is 0. The molecule has 0 bridgehead atoms. The SMILES string of the molecule is Cl.Cl.c1ccc(OCCCc2cccc3[nH]c4c(c23)CCNCC4)nc1. The number of fused-ring (bicyclic) bond motifs is 3. The van der Waals surface area contributed by atoms with Gasteiger partial charge in [-0.25, -0.2) is 4.98 Å². The molecule has 1 aliphatic rings. The zero-order chi connectivity index (χ0) is 16.2. The van der Waals surface area contributed by atoms with Crippen LogP contribution in [0.5, 0.6) is 5.88 Å². The first kappa shape index (κ1) is 20.6. The molecule has 1 aromatic carbocycles. The van der Waals surface area contributed by atoms with Crippen LogP contribution >= 0.6 is 24.8 Å². The maximum Gasteiger partial charge on any atom is 0.213 e. The summed E-state index contributed by atoms with van der Waals surface area (Å²) in [7, 11) is 0. The van der Waals surface area contributed by atoms with Crippen molar-refractivity contribution in [3.05, 3.63) is 59.4 Å². The zero-order valence-corrected chi connectivity index (χ0v) is 16.3. The lowest BCUT2D eigenvalue weighted by atomic mass is 9.99. The van der Waals surface area contributed by atoms with E-state index >= 15 is 0 Å². The lowest BCUT2D eigenvalue weighted by molar-refractivity contribution is 0.299. The Hall–Kier alpha value is -1.75. The van der Waals surface area contributed by atoms with E-state index in [1.54, 1.807) is 6.20 Å². The summed E-state index contributed by atoms with van der Waals surface area (Å²) in [5.74, 6) is 0.706. The fraction of sp³-hybridized carbons (Fsp3) is 0.350. The maximum atomic E-state index is 5.72. The van der Waals surface area contributed by atoms with Crippen LogP contribution in [0.3, 0.4) is 0 Å². The van der Waals surface area contributed by atoms with Crippen LogP contribution in [0.15, 0.2) is 42.6 Å². The predicted molar refractivity (Wildman–Crippen MR) is 111 cm³/mol. The van der Waals surface area contributed by atoms with Crippen LogP contribution in [0.1, 0.15) is 23.2 Å². The second-order valence-electron chi connectivity index (χ2n) is 6.29. The summed E-state index contributed by atoms with van der Waals surface area (Å²) < 4.78 is 5.72. The van der Waals surface area contributed by atoms with Gasteiger partial charge in [0.05, 0.1) is 6.61 Å². The van der Waals surface area contributed by atoms with E-state index in [1.165, 1.54) is 27.7 Å². The van der Waals surface area contributed by atoms with E-state index in [0.29, 0.717) is 12.5 Å². The molecular formula is C20H25Cl2N3O. The summed E-state index contributed by atoms with van der Waals surface area (Å²) in [5, 5.41) is 4.93. The van der Waals surface area contributed by atoms with Gasteiger partial charge in [-0.1, -0.05) is 18.2 Å². The summed E-state index contributed by atoms with van der Waals surface area (Å²) in [6, 6.07) is 12.4. The number of hydrogen-bond acceptors (Lipinski definition) is 3. The van der Waals surface area contributed by atoms with Gasteiger partial charge >= 0.3 is 0 Å². The molecule has 0 saturated carbocycles. The number of hydrogen-bond donors (Lipinski definition) is 2. The quantitative estimate of drug-likeness (QED) is 0.641. The van der Waals surface area contributed by atoms with Gasteiger partial charge in [0.15, 0.2) is 0 Å². The maximum absolute atomic E-state index is 5.72. The van der Waals surface area contributed by atoms with Crippen LogP contribution in [-0.4, -0.2) is 29.7 Å². The van der Waals surface area contributed by atoms with E-state index < -0.39 is 0 Å². The third kappa shape index (κ3) is 4.50. The second-order valence-corrected chi connectivity index (χ2v) is 6.29. The Morgan fingerprint density at radius 2 is 1.88 bits per heavy atom. The van der Waals surface area contributed by atoms with Crippen LogP contribution in [0, 0.1) is 0 Å². The number of aromatic nitrogens is 2. The molecule has 2 aromatic heterocycles. The third-order valence-corrected chi connectivity index (χ3v) is 4.68. The molecule has 6 heteroatoms. The standard InChI is InChI=1S/C20H23N3O.2ClH/c1-2-11-22-19(8-1)24-14-4-6-15-5-3-7-18-20(15)16-9-12-21-13-10-17(16)23-18;;/h1-3,5,7-8,11,21,23H,4,6,9-10,12-14H2;2*1H. The average molecular weight is 394 g/mol. The van der Waals surface area contributed by atoms with Crippen molar-refractivity contribution in [2.45, 2.75) is 25.7 Å². The fourth-order valence-corrected chi connectivity index (χ4v) is 3.57. The van der Waals surface area contributed by atoms with E-state index in [2.05, 4.69) is 33.5 Å². The smallest absolute Gasteiger partial charge is 0.213 e. The summed E-state index contributed by atoms with van der Waals surface area (Å²) in [5.41, 5.74) is 5.63. The molecule has 140 valence electrons. The molecule has 0 amide bonds. The molecule has 26 heavy (non-hydrogen) atoms. The highest BCUT2D eigenvalue weighted by Crippen LogP contribution is 2.28. The number of H-pyrrole nitrogens is 1. The normalized spacial score (nSPS) is 13.2. The average Bonchev–Trinajstić information content (AvgIpc) is 2.82. The van der Waals surface area contributed by atoms with Crippen molar-refractivity contribution < 1.29 is 4.74 Å². The number of aryl methyl sites for hydroxylation is 1. The molecule has 0 fully saturated rings. The molecule has 0 saturated heterocycles. The van der Waals surface area contributed by atoms with Gasteiger partial charge in [-0.15, -0.1) is 24.8 Å². The lowest BCUT2D eigenvalue weighted by Gasteiger charge is -2.08. The molecule has 4 nitrogen and oxygen atoms in total. The van der Waals surface area contributed by atoms with Crippen molar-refractivity contribution in [1.82, 2.24) is 15.3 Å². The van der Waals surface area contributed by atoms with Crippen LogP contribution in [0.4, 0.5) is 0 Å². The van der Waals surface area contributed by atoms with Gasteiger partial charge in [0.1, 0.15) is 0 Å². The Labute approximate surface area is 166 Å². The predicted octanol–water partition coefficient (Wildman–Crippen LogP) is 4.11. The first-order valence-corrected chi connectivity index (χ1v) is 8.78. The van der Waals surface area contributed by atoms with Crippen molar-refractivity contribution in [3.63, 3.8) is 0 Å². The van der Waals surface area contributed by atoms with Crippen molar-refractivity contribution in [1.29, 1.82) is 0 Å². The van der Waals surface area contributed by atoms with Crippen LogP contribution in [0.2, 0.25) is 0 Å². The van der Waals surface area contributed by atoms with Crippen molar-refractivity contribution in [2.24, 2.45) is 0 Å². The van der Waals surface area contributed by atoms with Gasteiger partial charge in [-0.3, -0.25) is 0 Å². The van der Waals surface area contributed by atoms with E-state index in [-0.39, 0.29) is 24.8 Å². The third-order valence-electron chi connectivity index (χ3n) is 4.68.